The van der Waals surface area contributed by atoms with Gasteiger partial charge in [0.15, 0.2) is 0 Å². The van der Waals surface area contributed by atoms with Crippen molar-refractivity contribution in [3.05, 3.63) is 56.2 Å². The summed E-state index contributed by atoms with van der Waals surface area (Å²) in [6, 6.07) is 10.1. The zero-order valence-electron chi connectivity index (χ0n) is 8.45. The first-order valence-electron chi connectivity index (χ1n) is 4.80. The lowest BCUT2D eigenvalue weighted by atomic mass is 10.2. The normalized spacial score (nSPS) is 10.6. The topological polar surface area (TPSA) is 0 Å². The highest BCUT2D eigenvalue weighted by Gasteiger charge is 2.00. The molecule has 0 aliphatic heterocycles. The van der Waals surface area contributed by atoms with Crippen molar-refractivity contribution in [3.63, 3.8) is 0 Å². The van der Waals surface area contributed by atoms with Gasteiger partial charge in [-0.15, -0.1) is 11.3 Å². The predicted octanol–water partition coefficient (Wildman–Crippen LogP) is 5.49. The minimum absolute atomic E-state index is 0.619. The minimum atomic E-state index is 0.619. The fourth-order valence-electron chi connectivity index (χ4n) is 1.29. The fraction of sp³-hybridized carbons (Fsp3) is 0.167. The number of hydrogen-bond acceptors (Lipinski definition) is 2. The molecule has 1 heterocycles. The summed E-state index contributed by atoms with van der Waals surface area (Å²) >= 11 is 15.5. The SMILES string of the molecule is Clc1ccc(CSCc2cccs2)cc1Cl. The van der Waals surface area contributed by atoms with E-state index in [1.807, 2.05) is 30.0 Å². The largest absolute Gasteiger partial charge is 0.152 e. The van der Waals surface area contributed by atoms with Crippen LogP contribution in [0.2, 0.25) is 10.0 Å². The number of thioether (sulfide) groups is 1. The van der Waals surface area contributed by atoms with Crippen LogP contribution in [-0.4, -0.2) is 0 Å². The van der Waals surface area contributed by atoms with Gasteiger partial charge in [-0.2, -0.15) is 11.8 Å². The number of benzene rings is 1. The Bertz CT molecular complexity index is 452. The van der Waals surface area contributed by atoms with Crippen molar-refractivity contribution in [2.24, 2.45) is 0 Å². The summed E-state index contributed by atoms with van der Waals surface area (Å²) in [5, 5.41) is 3.36. The highest BCUT2D eigenvalue weighted by molar-refractivity contribution is 7.97. The first-order valence-corrected chi connectivity index (χ1v) is 7.59. The van der Waals surface area contributed by atoms with E-state index in [2.05, 4.69) is 17.5 Å². The van der Waals surface area contributed by atoms with E-state index in [1.54, 1.807) is 11.3 Å². The second-order valence-electron chi connectivity index (χ2n) is 3.32. The second kappa shape index (κ2) is 5.97. The van der Waals surface area contributed by atoms with Gasteiger partial charge in [-0.25, -0.2) is 0 Å². The van der Waals surface area contributed by atoms with Gasteiger partial charge in [0.2, 0.25) is 0 Å². The maximum absolute atomic E-state index is 5.95. The van der Waals surface area contributed by atoms with Crippen molar-refractivity contribution in [1.29, 1.82) is 0 Å². The Hall–Kier alpha value is -0.150. The number of halogens is 2. The molecule has 0 fully saturated rings. The molecule has 0 aliphatic rings. The molecule has 0 spiro atoms. The number of rotatable bonds is 4. The van der Waals surface area contributed by atoms with Crippen molar-refractivity contribution >= 4 is 46.3 Å². The highest BCUT2D eigenvalue weighted by atomic mass is 35.5. The molecule has 2 aromatic rings. The molecule has 0 radical (unpaired) electrons. The van der Waals surface area contributed by atoms with Gasteiger partial charge >= 0.3 is 0 Å². The molecule has 0 aliphatic carbocycles. The van der Waals surface area contributed by atoms with Gasteiger partial charge in [0.1, 0.15) is 0 Å². The molecule has 0 nitrogen and oxygen atoms in total. The lowest BCUT2D eigenvalue weighted by Gasteiger charge is -2.02. The number of hydrogen-bond donors (Lipinski definition) is 0. The third kappa shape index (κ3) is 3.42. The molecule has 0 saturated carbocycles. The van der Waals surface area contributed by atoms with E-state index < -0.39 is 0 Å². The van der Waals surface area contributed by atoms with Gasteiger partial charge in [0.25, 0.3) is 0 Å². The standard InChI is InChI=1S/C12H10Cl2S2/c13-11-4-3-9(6-12(11)14)7-15-8-10-2-1-5-16-10/h1-6H,7-8H2. The Morgan fingerprint density at radius 2 is 1.94 bits per heavy atom. The minimum Gasteiger partial charge on any atom is -0.152 e. The Labute approximate surface area is 114 Å². The van der Waals surface area contributed by atoms with Crippen LogP contribution >= 0.6 is 46.3 Å². The molecule has 0 saturated heterocycles. The van der Waals surface area contributed by atoms with Crippen molar-refractivity contribution in [3.8, 4) is 0 Å². The molecule has 0 N–H and O–H groups in total. The van der Waals surface area contributed by atoms with Gasteiger partial charge in [0.05, 0.1) is 10.0 Å². The van der Waals surface area contributed by atoms with Crippen molar-refractivity contribution < 1.29 is 0 Å². The average Bonchev–Trinajstić information content (AvgIpc) is 2.76. The molecule has 0 unspecified atom stereocenters. The Balaban J connectivity index is 1.87. The van der Waals surface area contributed by atoms with Gasteiger partial charge in [-0.1, -0.05) is 35.3 Å². The summed E-state index contributed by atoms with van der Waals surface area (Å²) in [4.78, 5) is 1.41. The first kappa shape index (κ1) is 12.3. The fourth-order valence-corrected chi connectivity index (χ4v) is 3.44. The smallest absolute Gasteiger partial charge is 0.0595 e. The van der Waals surface area contributed by atoms with E-state index in [0.717, 1.165) is 11.5 Å². The van der Waals surface area contributed by atoms with E-state index in [9.17, 15) is 0 Å². The van der Waals surface area contributed by atoms with E-state index in [4.69, 9.17) is 23.2 Å². The van der Waals surface area contributed by atoms with Gasteiger partial charge in [-0.05, 0) is 29.1 Å². The van der Waals surface area contributed by atoms with E-state index in [-0.39, 0.29) is 0 Å². The molecule has 16 heavy (non-hydrogen) atoms. The predicted molar refractivity (Wildman–Crippen MR) is 75.8 cm³/mol. The summed E-state index contributed by atoms with van der Waals surface area (Å²) in [6.45, 7) is 0. The van der Waals surface area contributed by atoms with Crippen LogP contribution in [0, 0.1) is 0 Å². The van der Waals surface area contributed by atoms with Crippen LogP contribution in [0.25, 0.3) is 0 Å². The van der Waals surface area contributed by atoms with E-state index >= 15 is 0 Å². The molecule has 1 aromatic carbocycles. The van der Waals surface area contributed by atoms with Crippen LogP contribution in [0.5, 0.6) is 0 Å². The molecular formula is C12H10Cl2S2. The van der Waals surface area contributed by atoms with E-state index in [1.165, 1.54) is 10.4 Å². The molecule has 0 atom stereocenters. The summed E-state index contributed by atoms with van der Waals surface area (Å²) in [7, 11) is 0. The molecular weight excluding hydrogens is 279 g/mol. The van der Waals surface area contributed by atoms with Crippen LogP contribution in [-0.2, 0) is 11.5 Å². The summed E-state index contributed by atoms with van der Waals surface area (Å²) in [5.74, 6) is 2.02. The first-order chi connectivity index (χ1) is 7.75. The maximum atomic E-state index is 5.95. The molecule has 84 valence electrons. The van der Waals surface area contributed by atoms with Crippen molar-refractivity contribution in [2.75, 3.05) is 0 Å². The maximum Gasteiger partial charge on any atom is 0.0595 e. The lowest BCUT2D eigenvalue weighted by molar-refractivity contribution is 1.39. The van der Waals surface area contributed by atoms with Crippen LogP contribution in [0.4, 0.5) is 0 Å². The van der Waals surface area contributed by atoms with Crippen molar-refractivity contribution in [1.82, 2.24) is 0 Å². The zero-order chi connectivity index (χ0) is 11.4. The zero-order valence-corrected chi connectivity index (χ0v) is 11.6. The lowest BCUT2D eigenvalue weighted by Crippen LogP contribution is -1.82. The quantitative estimate of drug-likeness (QED) is 0.717. The van der Waals surface area contributed by atoms with Gasteiger partial charge in [-0.3, -0.25) is 0 Å². The number of thiophene rings is 1. The summed E-state index contributed by atoms with van der Waals surface area (Å²) < 4.78 is 0. The molecule has 4 heteroatoms. The van der Waals surface area contributed by atoms with Crippen LogP contribution in [0.15, 0.2) is 35.7 Å². The van der Waals surface area contributed by atoms with Gasteiger partial charge in [0, 0.05) is 16.4 Å². The Kier molecular flexibility index (Phi) is 4.59. The third-order valence-electron chi connectivity index (χ3n) is 2.08. The molecule has 1 aromatic heterocycles. The summed E-state index contributed by atoms with van der Waals surface area (Å²) in [5.41, 5.74) is 1.22. The molecule has 0 bridgehead atoms. The molecule has 0 amide bonds. The van der Waals surface area contributed by atoms with Gasteiger partial charge < -0.3 is 0 Å². The van der Waals surface area contributed by atoms with Crippen LogP contribution in [0.3, 0.4) is 0 Å². The Morgan fingerprint density at radius 1 is 1.06 bits per heavy atom. The highest BCUT2D eigenvalue weighted by Crippen LogP contribution is 2.26. The summed E-state index contributed by atoms with van der Waals surface area (Å²) in [6.07, 6.45) is 0. The molecule has 2 rings (SSSR count). The van der Waals surface area contributed by atoms with E-state index in [0.29, 0.717) is 10.0 Å². The second-order valence-corrected chi connectivity index (χ2v) is 6.15. The van der Waals surface area contributed by atoms with Crippen LogP contribution < -0.4 is 0 Å². The monoisotopic (exact) mass is 288 g/mol. The van der Waals surface area contributed by atoms with Crippen LogP contribution in [0.1, 0.15) is 10.4 Å². The van der Waals surface area contributed by atoms with Crippen molar-refractivity contribution in [2.45, 2.75) is 11.5 Å². The Morgan fingerprint density at radius 3 is 2.62 bits per heavy atom. The average molecular weight is 289 g/mol. The third-order valence-corrected chi connectivity index (χ3v) is 4.93.